The van der Waals surface area contributed by atoms with E-state index in [4.69, 9.17) is 20.8 Å². The SMILES string of the molecule is CC(C)=CCOc1cc2oc(=O)c(CC(=O)[O-])c(C)c2cc1Cl. The number of aryl methyl sites for hydroxylation is 1. The van der Waals surface area contributed by atoms with Crippen LogP contribution in [-0.4, -0.2) is 12.6 Å². The van der Waals surface area contributed by atoms with Crippen LogP contribution in [0.25, 0.3) is 11.0 Å². The molecule has 0 N–H and O–H groups in total. The third kappa shape index (κ3) is 3.93. The molecule has 0 aliphatic rings. The van der Waals surface area contributed by atoms with Crippen LogP contribution in [0.2, 0.25) is 5.02 Å². The van der Waals surface area contributed by atoms with E-state index in [0.717, 1.165) is 5.57 Å². The third-order valence-corrected chi connectivity index (χ3v) is 3.69. The van der Waals surface area contributed by atoms with Gasteiger partial charge in [-0.05, 0) is 38.5 Å². The molecule has 2 aromatic rings. The molecular weight excluding hydrogens is 320 g/mol. The van der Waals surface area contributed by atoms with E-state index in [0.29, 0.717) is 33.9 Å². The Kier molecular flexibility index (Phi) is 5.11. The van der Waals surface area contributed by atoms with E-state index >= 15 is 0 Å². The van der Waals surface area contributed by atoms with Crippen LogP contribution >= 0.6 is 11.6 Å². The van der Waals surface area contributed by atoms with Crippen LogP contribution in [0.4, 0.5) is 0 Å². The van der Waals surface area contributed by atoms with E-state index < -0.39 is 18.0 Å². The van der Waals surface area contributed by atoms with Crippen molar-refractivity contribution in [1.82, 2.24) is 0 Å². The number of carbonyl (C=O) groups is 1. The number of benzene rings is 1. The number of fused-ring (bicyclic) bond motifs is 1. The minimum Gasteiger partial charge on any atom is -0.550 e. The monoisotopic (exact) mass is 335 g/mol. The van der Waals surface area contributed by atoms with Gasteiger partial charge >= 0.3 is 5.63 Å². The van der Waals surface area contributed by atoms with E-state index in [1.54, 1.807) is 13.0 Å². The molecule has 1 aromatic heterocycles. The molecule has 0 unspecified atom stereocenters. The van der Waals surface area contributed by atoms with Gasteiger partial charge in [0.2, 0.25) is 0 Å². The zero-order valence-corrected chi connectivity index (χ0v) is 13.8. The van der Waals surface area contributed by atoms with Gasteiger partial charge in [-0.3, -0.25) is 0 Å². The predicted octanol–water partition coefficient (Wildman–Crippen LogP) is 2.39. The summed E-state index contributed by atoms with van der Waals surface area (Å²) in [5.41, 5.74) is 1.28. The van der Waals surface area contributed by atoms with Crippen LogP contribution in [0.5, 0.6) is 5.75 Å². The Morgan fingerprint density at radius 3 is 2.70 bits per heavy atom. The molecule has 6 heteroatoms. The maximum atomic E-state index is 11.9. The Bertz CT molecular complexity index is 844. The molecule has 1 aromatic carbocycles. The van der Waals surface area contributed by atoms with Gasteiger partial charge in [0.1, 0.15) is 17.9 Å². The van der Waals surface area contributed by atoms with Crippen molar-refractivity contribution in [2.75, 3.05) is 6.61 Å². The first kappa shape index (κ1) is 17.1. The fraction of sp³-hybridized carbons (Fsp3) is 0.294. The Hall–Kier alpha value is -2.27. The first-order valence-electron chi connectivity index (χ1n) is 7.01. The highest BCUT2D eigenvalue weighted by Gasteiger charge is 2.14. The van der Waals surface area contributed by atoms with Crippen molar-refractivity contribution in [1.29, 1.82) is 0 Å². The largest absolute Gasteiger partial charge is 0.550 e. The van der Waals surface area contributed by atoms with Crippen LogP contribution in [-0.2, 0) is 11.2 Å². The van der Waals surface area contributed by atoms with Gasteiger partial charge in [-0.1, -0.05) is 17.2 Å². The lowest BCUT2D eigenvalue weighted by Crippen LogP contribution is -2.27. The number of hydrogen-bond acceptors (Lipinski definition) is 5. The zero-order valence-electron chi connectivity index (χ0n) is 13.1. The molecule has 0 atom stereocenters. The van der Waals surface area contributed by atoms with Gasteiger partial charge in [-0.15, -0.1) is 0 Å². The molecule has 0 aliphatic carbocycles. The second kappa shape index (κ2) is 6.87. The van der Waals surface area contributed by atoms with Crippen molar-refractivity contribution < 1.29 is 19.1 Å². The molecular formula is C17H16ClO5-. The summed E-state index contributed by atoms with van der Waals surface area (Å²) in [6.45, 7) is 5.90. The molecule has 0 bridgehead atoms. The van der Waals surface area contributed by atoms with Crippen LogP contribution in [0.3, 0.4) is 0 Å². The molecule has 2 rings (SSSR count). The molecule has 122 valence electrons. The van der Waals surface area contributed by atoms with Crippen molar-refractivity contribution in [2.45, 2.75) is 27.2 Å². The maximum Gasteiger partial charge on any atom is 0.340 e. The van der Waals surface area contributed by atoms with Gasteiger partial charge in [0.05, 0.1) is 5.02 Å². The van der Waals surface area contributed by atoms with Crippen molar-refractivity contribution in [3.05, 3.63) is 50.4 Å². The number of allylic oxidation sites excluding steroid dienone is 1. The number of ether oxygens (including phenoxy) is 1. The molecule has 0 radical (unpaired) electrons. The topological polar surface area (TPSA) is 79.6 Å². The Balaban J connectivity index is 2.50. The second-order valence-electron chi connectivity index (χ2n) is 5.41. The predicted molar refractivity (Wildman–Crippen MR) is 85.9 cm³/mol. The molecule has 0 saturated heterocycles. The lowest BCUT2D eigenvalue weighted by Gasteiger charge is -2.11. The summed E-state index contributed by atoms with van der Waals surface area (Å²) in [5, 5.41) is 11.7. The fourth-order valence-corrected chi connectivity index (χ4v) is 2.37. The zero-order chi connectivity index (χ0) is 17.1. The summed E-state index contributed by atoms with van der Waals surface area (Å²) < 4.78 is 10.8. The van der Waals surface area contributed by atoms with Crippen molar-refractivity contribution >= 4 is 28.5 Å². The Morgan fingerprint density at radius 1 is 1.39 bits per heavy atom. The maximum absolute atomic E-state index is 11.9. The second-order valence-corrected chi connectivity index (χ2v) is 5.82. The number of aliphatic carboxylic acids is 1. The molecule has 0 saturated carbocycles. The van der Waals surface area contributed by atoms with Gasteiger partial charge in [-0.2, -0.15) is 0 Å². The minimum atomic E-state index is -1.34. The smallest absolute Gasteiger partial charge is 0.340 e. The highest BCUT2D eigenvalue weighted by atomic mass is 35.5. The Morgan fingerprint density at radius 2 is 2.09 bits per heavy atom. The van der Waals surface area contributed by atoms with E-state index in [1.807, 2.05) is 19.9 Å². The van der Waals surface area contributed by atoms with Gasteiger partial charge < -0.3 is 19.1 Å². The molecule has 0 fully saturated rings. The highest BCUT2D eigenvalue weighted by Crippen LogP contribution is 2.32. The normalized spacial score (nSPS) is 10.6. The van der Waals surface area contributed by atoms with Gasteiger partial charge in [0.25, 0.3) is 0 Å². The minimum absolute atomic E-state index is 0.0618. The van der Waals surface area contributed by atoms with Crippen LogP contribution in [0.15, 0.2) is 33.0 Å². The molecule has 0 spiro atoms. The summed E-state index contributed by atoms with van der Waals surface area (Å²) in [6, 6.07) is 3.14. The standard InChI is InChI=1S/C17H17ClO5/c1-9(2)4-5-22-15-8-14-11(6-13(15)18)10(3)12(7-16(19)20)17(21)23-14/h4,6,8H,5,7H2,1-3H3,(H,19,20)/p-1. The van der Waals surface area contributed by atoms with Crippen LogP contribution in [0, 0.1) is 6.92 Å². The van der Waals surface area contributed by atoms with Crippen molar-refractivity contribution in [3.63, 3.8) is 0 Å². The van der Waals surface area contributed by atoms with Gasteiger partial charge in [0, 0.05) is 29.4 Å². The average Bonchev–Trinajstić information content (AvgIpc) is 2.45. The van der Waals surface area contributed by atoms with E-state index in [-0.39, 0.29) is 5.56 Å². The summed E-state index contributed by atoms with van der Waals surface area (Å²) in [5.74, 6) is -0.945. The number of carbonyl (C=O) groups excluding carboxylic acids is 1. The average molecular weight is 336 g/mol. The first-order chi connectivity index (χ1) is 10.8. The van der Waals surface area contributed by atoms with E-state index in [1.165, 1.54) is 6.07 Å². The van der Waals surface area contributed by atoms with E-state index in [9.17, 15) is 14.7 Å². The van der Waals surface area contributed by atoms with Crippen molar-refractivity contribution in [2.24, 2.45) is 0 Å². The third-order valence-electron chi connectivity index (χ3n) is 3.39. The molecule has 0 amide bonds. The van der Waals surface area contributed by atoms with Gasteiger partial charge in [0.15, 0.2) is 0 Å². The number of halogens is 1. The molecule has 0 aliphatic heterocycles. The lowest BCUT2D eigenvalue weighted by molar-refractivity contribution is -0.304. The van der Waals surface area contributed by atoms with E-state index in [2.05, 4.69) is 0 Å². The molecule has 5 nitrogen and oxygen atoms in total. The van der Waals surface area contributed by atoms with Crippen molar-refractivity contribution in [3.8, 4) is 5.75 Å². The first-order valence-corrected chi connectivity index (χ1v) is 7.39. The summed E-state index contributed by atoms with van der Waals surface area (Å²) in [7, 11) is 0. The summed E-state index contributed by atoms with van der Waals surface area (Å²) in [6.07, 6.45) is 1.39. The van der Waals surface area contributed by atoms with Crippen LogP contribution < -0.4 is 15.5 Å². The van der Waals surface area contributed by atoms with Crippen LogP contribution in [0.1, 0.15) is 25.0 Å². The molecule has 23 heavy (non-hydrogen) atoms. The highest BCUT2D eigenvalue weighted by molar-refractivity contribution is 6.32. The van der Waals surface area contributed by atoms with Gasteiger partial charge in [-0.25, -0.2) is 4.79 Å². The Labute approximate surface area is 138 Å². The lowest BCUT2D eigenvalue weighted by atomic mass is 10.0. The number of carboxylic acids is 1. The fourth-order valence-electron chi connectivity index (χ4n) is 2.15. The summed E-state index contributed by atoms with van der Waals surface area (Å²) in [4.78, 5) is 22.7. The number of rotatable bonds is 5. The summed E-state index contributed by atoms with van der Waals surface area (Å²) >= 11 is 6.19. The number of hydrogen-bond donors (Lipinski definition) is 0. The quantitative estimate of drug-likeness (QED) is 0.619. The number of carboxylic acid groups (broad SMARTS) is 1. The molecule has 1 heterocycles.